The molecule has 0 saturated carbocycles. The van der Waals surface area contributed by atoms with E-state index in [9.17, 15) is 4.79 Å². The lowest BCUT2D eigenvalue weighted by atomic mass is 10.0. The summed E-state index contributed by atoms with van der Waals surface area (Å²) in [5, 5.41) is 4.04. The summed E-state index contributed by atoms with van der Waals surface area (Å²) in [7, 11) is 0. The highest BCUT2D eigenvalue weighted by molar-refractivity contribution is 5.95. The fourth-order valence-corrected chi connectivity index (χ4v) is 1.94. The summed E-state index contributed by atoms with van der Waals surface area (Å²) in [5.41, 5.74) is 5.33. The van der Waals surface area contributed by atoms with Gasteiger partial charge in [-0.05, 0) is 24.1 Å². The van der Waals surface area contributed by atoms with E-state index in [2.05, 4.69) is 10.5 Å². The first-order chi connectivity index (χ1) is 9.68. The maximum absolute atomic E-state index is 12.0. The van der Waals surface area contributed by atoms with Gasteiger partial charge in [-0.3, -0.25) is 4.79 Å². The van der Waals surface area contributed by atoms with Crippen LogP contribution in [-0.4, -0.2) is 12.1 Å². The molecular weight excluding hydrogens is 248 g/mol. The molecule has 0 heterocycles. The number of aryl methyl sites for hydroxylation is 1. The Kier molecular flexibility index (Phi) is 4.66. The molecule has 0 bridgehead atoms. The summed E-state index contributed by atoms with van der Waals surface area (Å²) < 4.78 is 0. The average molecular weight is 266 g/mol. The predicted molar refractivity (Wildman–Crippen MR) is 82.0 cm³/mol. The molecule has 2 rings (SSSR count). The molecule has 0 unspecified atom stereocenters. The number of carbonyl (C=O) groups is 1. The van der Waals surface area contributed by atoms with Crippen molar-refractivity contribution in [2.24, 2.45) is 5.10 Å². The molecular formula is C17H18N2O. The van der Waals surface area contributed by atoms with E-state index in [0.717, 1.165) is 5.56 Å². The standard InChI is InChI=1S/C17H18N2O/c1-13-8-6-7-11-16(13)17(20)19-18-12-14(2)15-9-4-3-5-10-15/h3-12,14H,1-2H3,(H,19,20)/b18-12-/t14-/m0/s1. The molecule has 0 aliphatic carbocycles. The first kappa shape index (κ1) is 14.0. The molecule has 0 aliphatic heterocycles. The van der Waals surface area contributed by atoms with Crippen molar-refractivity contribution < 1.29 is 4.79 Å². The maximum atomic E-state index is 12.0. The topological polar surface area (TPSA) is 41.5 Å². The lowest BCUT2D eigenvalue weighted by Crippen LogP contribution is -2.19. The molecule has 102 valence electrons. The molecule has 0 spiro atoms. The minimum atomic E-state index is -0.181. The highest BCUT2D eigenvalue weighted by Gasteiger charge is 2.06. The summed E-state index contributed by atoms with van der Waals surface area (Å²) in [6.07, 6.45) is 1.74. The molecule has 0 saturated heterocycles. The van der Waals surface area contributed by atoms with Crippen LogP contribution in [-0.2, 0) is 0 Å². The monoisotopic (exact) mass is 266 g/mol. The Labute approximate surface area is 119 Å². The Balaban J connectivity index is 1.97. The highest BCUT2D eigenvalue weighted by Crippen LogP contribution is 2.11. The Bertz CT molecular complexity index is 605. The summed E-state index contributed by atoms with van der Waals surface area (Å²) in [6, 6.07) is 17.5. The van der Waals surface area contributed by atoms with E-state index in [1.54, 1.807) is 12.3 Å². The quantitative estimate of drug-likeness (QED) is 0.667. The molecule has 2 aromatic rings. The van der Waals surface area contributed by atoms with Crippen molar-refractivity contribution in [3.8, 4) is 0 Å². The third-order valence-corrected chi connectivity index (χ3v) is 3.18. The molecule has 20 heavy (non-hydrogen) atoms. The van der Waals surface area contributed by atoms with Crippen LogP contribution in [0.25, 0.3) is 0 Å². The first-order valence-electron chi connectivity index (χ1n) is 6.62. The fourth-order valence-electron chi connectivity index (χ4n) is 1.94. The van der Waals surface area contributed by atoms with E-state index in [0.29, 0.717) is 5.56 Å². The number of nitrogens with zero attached hydrogens (tertiary/aromatic N) is 1. The van der Waals surface area contributed by atoms with Crippen LogP contribution in [0.1, 0.15) is 34.3 Å². The second kappa shape index (κ2) is 6.66. The van der Waals surface area contributed by atoms with Gasteiger partial charge >= 0.3 is 0 Å². The van der Waals surface area contributed by atoms with Crippen LogP contribution >= 0.6 is 0 Å². The van der Waals surface area contributed by atoms with E-state index in [1.807, 2.05) is 62.4 Å². The van der Waals surface area contributed by atoms with E-state index in [4.69, 9.17) is 0 Å². The summed E-state index contributed by atoms with van der Waals surface area (Å²) in [6.45, 7) is 3.95. The van der Waals surface area contributed by atoms with Crippen molar-refractivity contribution in [2.45, 2.75) is 19.8 Å². The Hall–Kier alpha value is -2.42. The van der Waals surface area contributed by atoms with E-state index >= 15 is 0 Å². The minimum absolute atomic E-state index is 0.161. The maximum Gasteiger partial charge on any atom is 0.271 e. The van der Waals surface area contributed by atoms with Gasteiger partial charge in [-0.1, -0.05) is 55.5 Å². The van der Waals surface area contributed by atoms with Gasteiger partial charge in [0.2, 0.25) is 0 Å². The van der Waals surface area contributed by atoms with Crippen molar-refractivity contribution in [2.75, 3.05) is 0 Å². The number of nitrogens with one attached hydrogen (secondary N) is 1. The van der Waals surface area contributed by atoms with E-state index in [-0.39, 0.29) is 11.8 Å². The smallest absolute Gasteiger partial charge is 0.267 e. The van der Waals surface area contributed by atoms with Gasteiger partial charge < -0.3 is 0 Å². The van der Waals surface area contributed by atoms with Gasteiger partial charge in [-0.15, -0.1) is 0 Å². The van der Waals surface area contributed by atoms with Crippen LogP contribution < -0.4 is 5.43 Å². The third kappa shape index (κ3) is 3.54. The van der Waals surface area contributed by atoms with Crippen molar-refractivity contribution in [1.29, 1.82) is 0 Å². The van der Waals surface area contributed by atoms with Crippen molar-refractivity contribution >= 4 is 12.1 Å². The molecule has 0 radical (unpaired) electrons. The lowest BCUT2D eigenvalue weighted by molar-refractivity contribution is 0.0954. The third-order valence-electron chi connectivity index (χ3n) is 3.18. The number of benzene rings is 2. The molecule has 0 fully saturated rings. The van der Waals surface area contributed by atoms with Gasteiger partial charge in [-0.2, -0.15) is 5.10 Å². The predicted octanol–water partition coefficient (Wildman–Crippen LogP) is 3.51. The largest absolute Gasteiger partial charge is 0.271 e. The van der Waals surface area contributed by atoms with Crippen LogP contribution in [0.2, 0.25) is 0 Å². The zero-order valence-electron chi connectivity index (χ0n) is 11.7. The Morgan fingerprint density at radius 2 is 1.75 bits per heavy atom. The van der Waals surface area contributed by atoms with Crippen LogP contribution in [0.5, 0.6) is 0 Å². The molecule has 1 N–H and O–H groups in total. The molecule has 1 amide bonds. The van der Waals surface area contributed by atoms with Gasteiger partial charge in [0.05, 0.1) is 0 Å². The molecule has 3 nitrogen and oxygen atoms in total. The van der Waals surface area contributed by atoms with Crippen LogP contribution in [0.15, 0.2) is 59.7 Å². The molecule has 0 aromatic heterocycles. The Morgan fingerprint density at radius 3 is 2.45 bits per heavy atom. The normalized spacial score (nSPS) is 12.3. The van der Waals surface area contributed by atoms with Gasteiger partial charge in [0.15, 0.2) is 0 Å². The average Bonchev–Trinajstić information content (AvgIpc) is 2.48. The lowest BCUT2D eigenvalue weighted by Gasteiger charge is -2.06. The van der Waals surface area contributed by atoms with Crippen LogP contribution in [0.3, 0.4) is 0 Å². The molecule has 2 aromatic carbocycles. The zero-order valence-corrected chi connectivity index (χ0v) is 11.7. The Morgan fingerprint density at radius 1 is 1.10 bits per heavy atom. The molecule has 3 heteroatoms. The fraction of sp³-hybridized carbons (Fsp3) is 0.176. The second-order valence-corrected chi connectivity index (χ2v) is 4.73. The van der Waals surface area contributed by atoms with Crippen molar-refractivity contribution in [3.05, 3.63) is 71.3 Å². The van der Waals surface area contributed by atoms with Crippen LogP contribution in [0.4, 0.5) is 0 Å². The van der Waals surface area contributed by atoms with Crippen molar-refractivity contribution in [3.63, 3.8) is 0 Å². The van der Waals surface area contributed by atoms with E-state index in [1.165, 1.54) is 5.56 Å². The molecule has 1 atom stereocenters. The number of rotatable bonds is 4. The van der Waals surface area contributed by atoms with Crippen molar-refractivity contribution in [1.82, 2.24) is 5.43 Å². The van der Waals surface area contributed by atoms with Gasteiger partial charge in [0.1, 0.15) is 0 Å². The summed E-state index contributed by atoms with van der Waals surface area (Å²) in [4.78, 5) is 12.0. The molecule has 0 aliphatic rings. The van der Waals surface area contributed by atoms with Crippen LogP contribution in [0, 0.1) is 6.92 Å². The second-order valence-electron chi connectivity index (χ2n) is 4.73. The van der Waals surface area contributed by atoms with E-state index < -0.39 is 0 Å². The summed E-state index contributed by atoms with van der Waals surface area (Å²) in [5.74, 6) is -0.0204. The number of hydrogen-bond acceptors (Lipinski definition) is 2. The zero-order chi connectivity index (χ0) is 14.4. The van der Waals surface area contributed by atoms with Gasteiger partial charge in [0, 0.05) is 17.7 Å². The number of hydrazone groups is 1. The first-order valence-corrected chi connectivity index (χ1v) is 6.62. The SMILES string of the molecule is Cc1ccccc1C(=O)N/N=C\[C@H](C)c1ccccc1. The highest BCUT2D eigenvalue weighted by atomic mass is 16.2. The minimum Gasteiger partial charge on any atom is -0.267 e. The van der Waals surface area contributed by atoms with Gasteiger partial charge in [-0.25, -0.2) is 5.43 Å². The number of hydrogen-bond donors (Lipinski definition) is 1. The van der Waals surface area contributed by atoms with Gasteiger partial charge in [0.25, 0.3) is 5.91 Å². The number of carbonyl (C=O) groups excluding carboxylic acids is 1. The number of amides is 1. The summed E-state index contributed by atoms with van der Waals surface area (Å²) >= 11 is 0.